The third-order valence-corrected chi connectivity index (χ3v) is 3.41. The Morgan fingerprint density at radius 3 is 2.22 bits per heavy atom. The molecule has 0 amide bonds. The molecule has 1 nitrogen and oxygen atoms in total. The van der Waals surface area contributed by atoms with Gasteiger partial charge in [0.15, 0.2) is 0 Å². The molecule has 0 saturated heterocycles. The van der Waals surface area contributed by atoms with E-state index in [0.29, 0.717) is 0 Å². The first kappa shape index (κ1) is 17.1. The Balaban J connectivity index is 0.000000659. The van der Waals surface area contributed by atoms with Gasteiger partial charge in [0, 0.05) is 0 Å². The van der Waals surface area contributed by atoms with Crippen LogP contribution in [0.4, 0.5) is 0 Å². The van der Waals surface area contributed by atoms with Gasteiger partial charge in [0.05, 0.1) is 15.2 Å². The third-order valence-electron chi connectivity index (χ3n) is 2.47. The fourth-order valence-corrected chi connectivity index (χ4v) is 2.68. The van der Waals surface area contributed by atoms with E-state index < -0.39 is 0 Å². The summed E-state index contributed by atoms with van der Waals surface area (Å²) in [6, 6.07) is 4.52. The van der Waals surface area contributed by atoms with Crippen molar-refractivity contribution in [3.05, 3.63) is 28.3 Å². The molecule has 2 aromatic rings. The lowest BCUT2D eigenvalue weighted by Gasteiger charge is -2.03. The largest absolute Gasteiger partial charge is 0.242 e. The number of hydrogen-bond acceptors (Lipinski definition) is 2. The number of aromatic nitrogens is 1. The van der Waals surface area contributed by atoms with E-state index in [2.05, 4.69) is 37.9 Å². The van der Waals surface area contributed by atoms with E-state index in [1.807, 2.05) is 27.7 Å². The molecule has 0 spiro atoms. The summed E-state index contributed by atoms with van der Waals surface area (Å²) in [6.07, 6.45) is 2.37. The zero-order valence-corrected chi connectivity index (χ0v) is 13.7. The van der Waals surface area contributed by atoms with Gasteiger partial charge in [-0.25, -0.2) is 4.98 Å². The summed E-state index contributed by atoms with van der Waals surface area (Å²) < 4.78 is 1.32. The van der Waals surface area contributed by atoms with Crippen LogP contribution in [0.1, 0.15) is 57.2 Å². The summed E-state index contributed by atoms with van der Waals surface area (Å²) in [7, 11) is 0. The second-order valence-electron chi connectivity index (χ2n) is 3.73. The summed E-state index contributed by atoms with van der Waals surface area (Å²) in [5.41, 5.74) is 4.02. The number of thiazole rings is 1. The molecule has 1 aromatic carbocycles. The highest BCUT2D eigenvalue weighted by atomic mass is 32.1. The monoisotopic (exact) mass is 265 g/mol. The molecule has 0 aliphatic carbocycles. The highest BCUT2D eigenvalue weighted by molar-refractivity contribution is 7.18. The first-order valence-electron chi connectivity index (χ1n) is 7.07. The number of hydrogen-bond donors (Lipinski definition) is 0. The first-order valence-corrected chi connectivity index (χ1v) is 7.89. The topological polar surface area (TPSA) is 12.9 Å². The molecule has 0 bridgehead atoms. The van der Waals surface area contributed by atoms with E-state index in [-0.39, 0.29) is 0 Å². The smallest absolute Gasteiger partial charge is 0.0907 e. The molecule has 0 atom stereocenters. The molecule has 0 aliphatic heterocycles. The Kier molecular flexibility index (Phi) is 8.65. The predicted octanol–water partition coefficient (Wildman–Crippen LogP) is 5.92. The normalized spacial score (nSPS) is 9.28. The van der Waals surface area contributed by atoms with Gasteiger partial charge in [-0.05, 0) is 43.5 Å². The highest BCUT2D eigenvalue weighted by Gasteiger charge is 2.04. The van der Waals surface area contributed by atoms with Gasteiger partial charge in [0.2, 0.25) is 0 Å². The molecule has 0 saturated carbocycles. The van der Waals surface area contributed by atoms with E-state index in [4.69, 9.17) is 0 Å². The van der Waals surface area contributed by atoms with Crippen LogP contribution in [0.5, 0.6) is 0 Å². The van der Waals surface area contributed by atoms with Crippen LogP contribution in [0.2, 0.25) is 0 Å². The van der Waals surface area contributed by atoms with Crippen LogP contribution in [0, 0.1) is 13.8 Å². The van der Waals surface area contributed by atoms with Crippen molar-refractivity contribution in [1.29, 1.82) is 0 Å². The Morgan fingerprint density at radius 2 is 1.67 bits per heavy atom. The van der Waals surface area contributed by atoms with E-state index in [1.165, 1.54) is 34.2 Å². The van der Waals surface area contributed by atoms with Crippen molar-refractivity contribution < 1.29 is 0 Å². The average molecular weight is 265 g/mol. The SMILES string of the molecule is CC.CC.CCCc1cc2nc(C)sc2cc1C. The first-order chi connectivity index (χ1) is 8.70. The maximum atomic E-state index is 4.52. The van der Waals surface area contributed by atoms with Gasteiger partial charge < -0.3 is 0 Å². The number of nitrogens with zero attached hydrogens (tertiary/aromatic N) is 1. The van der Waals surface area contributed by atoms with Gasteiger partial charge in [-0.2, -0.15) is 0 Å². The summed E-state index contributed by atoms with van der Waals surface area (Å²) in [4.78, 5) is 4.52. The summed E-state index contributed by atoms with van der Waals surface area (Å²) in [5.74, 6) is 0. The van der Waals surface area contributed by atoms with Crippen LogP contribution in [0.3, 0.4) is 0 Å². The second-order valence-corrected chi connectivity index (χ2v) is 4.96. The van der Waals surface area contributed by atoms with Crippen molar-refractivity contribution in [2.24, 2.45) is 0 Å². The van der Waals surface area contributed by atoms with E-state index in [0.717, 1.165) is 5.01 Å². The lowest BCUT2D eigenvalue weighted by atomic mass is 10.0. The van der Waals surface area contributed by atoms with Crippen LogP contribution < -0.4 is 0 Å². The van der Waals surface area contributed by atoms with Gasteiger partial charge in [-0.15, -0.1) is 11.3 Å². The summed E-state index contributed by atoms with van der Waals surface area (Å²) >= 11 is 1.78. The van der Waals surface area contributed by atoms with Gasteiger partial charge in [-0.1, -0.05) is 41.0 Å². The number of benzene rings is 1. The molecule has 1 heterocycles. The molecule has 2 heteroatoms. The van der Waals surface area contributed by atoms with Crippen LogP contribution in [0.15, 0.2) is 12.1 Å². The molecular weight excluding hydrogens is 238 g/mol. The molecule has 0 unspecified atom stereocenters. The lowest BCUT2D eigenvalue weighted by molar-refractivity contribution is 0.914. The van der Waals surface area contributed by atoms with Crippen LogP contribution in [-0.2, 0) is 6.42 Å². The average Bonchev–Trinajstić information content (AvgIpc) is 2.74. The van der Waals surface area contributed by atoms with Crippen LogP contribution in [0.25, 0.3) is 10.2 Å². The van der Waals surface area contributed by atoms with Gasteiger partial charge in [0.1, 0.15) is 0 Å². The van der Waals surface area contributed by atoms with Crippen molar-refractivity contribution in [2.75, 3.05) is 0 Å². The zero-order valence-electron chi connectivity index (χ0n) is 12.9. The van der Waals surface area contributed by atoms with E-state index in [1.54, 1.807) is 11.3 Å². The fourth-order valence-electron chi connectivity index (χ4n) is 1.77. The van der Waals surface area contributed by atoms with Crippen molar-refractivity contribution in [2.45, 2.75) is 61.3 Å². The van der Waals surface area contributed by atoms with Gasteiger partial charge >= 0.3 is 0 Å². The molecule has 0 aliphatic rings. The Bertz CT molecular complexity index is 457. The lowest BCUT2D eigenvalue weighted by Crippen LogP contribution is -1.87. The molecule has 1 aromatic heterocycles. The van der Waals surface area contributed by atoms with E-state index >= 15 is 0 Å². The molecule has 0 fully saturated rings. The molecule has 2 rings (SSSR count). The van der Waals surface area contributed by atoms with Crippen molar-refractivity contribution in [3.8, 4) is 0 Å². The van der Waals surface area contributed by atoms with Crippen molar-refractivity contribution >= 4 is 21.6 Å². The molecule has 0 N–H and O–H groups in total. The van der Waals surface area contributed by atoms with Gasteiger partial charge in [-0.3, -0.25) is 0 Å². The maximum Gasteiger partial charge on any atom is 0.0907 e. The number of aryl methyl sites for hydroxylation is 3. The molecule has 0 radical (unpaired) electrons. The second kappa shape index (κ2) is 9.09. The summed E-state index contributed by atoms with van der Waals surface area (Å²) in [6.45, 7) is 14.5. The third kappa shape index (κ3) is 4.41. The Hall–Kier alpha value is -0.890. The van der Waals surface area contributed by atoms with Crippen molar-refractivity contribution in [3.63, 3.8) is 0 Å². The van der Waals surface area contributed by atoms with Gasteiger partial charge in [0.25, 0.3) is 0 Å². The van der Waals surface area contributed by atoms with Crippen molar-refractivity contribution in [1.82, 2.24) is 4.98 Å². The molecule has 102 valence electrons. The minimum Gasteiger partial charge on any atom is -0.242 e. The van der Waals surface area contributed by atoms with Crippen LogP contribution in [-0.4, -0.2) is 4.98 Å². The Labute approximate surface area is 116 Å². The number of fused-ring (bicyclic) bond motifs is 1. The van der Waals surface area contributed by atoms with Crippen LogP contribution >= 0.6 is 11.3 Å². The minimum atomic E-state index is 1.16. The zero-order chi connectivity index (χ0) is 14.1. The highest BCUT2D eigenvalue weighted by Crippen LogP contribution is 2.25. The standard InChI is InChI=1S/C12H15NS.2C2H6/c1-4-5-10-7-11-12(6-8(10)2)14-9(3)13-11;2*1-2/h6-7H,4-5H2,1-3H3;2*1-2H3. The molecule has 18 heavy (non-hydrogen) atoms. The predicted molar refractivity (Wildman–Crippen MR) is 85.8 cm³/mol. The summed E-state index contributed by atoms with van der Waals surface area (Å²) in [5, 5.41) is 1.16. The van der Waals surface area contributed by atoms with E-state index in [9.17, 15) is 0 Å². The number of rotatable bonds is 2. The molecular formula is C16H27NS. The quantitative estimate of drug-likeness (QED) is 0.657. The Morgan fingerprint density at radius 1 is 1.06 bits per heavy atom. The fraction of sp³-hybridized carbons (Fsp3) is 0.562. The minimum absolute atomic E-state index is 1.16. The maximum absolute atomic E-state index is 4.52.